The Morgan fingerprint density at radius 1 is 1.03 bits per heavy atom. The fourth-order valence-corrected chi connectivity index (χ4v) is 3.45. The number of benzene rings is 3. The Kier molecular flexibility index (Phi) is 8.49. The summed E-state index contributed by atoms with van der Waals surface area (Å²) in [6.07, 6.45) is 1.43. The molecule has 0 fully saturated rings. The Balaban J connectivity index is 1.68. The van der Waals surface area contributed by atoms with Crippen molar-refractivity contribution in [2.75, 3.05) is 24.4 Å². The van der Waals surface area contributed by atoms with Crippen LogP contribution < -0.4 is 20.1 Å². The van der Waals surface area contributed by atoms with E-state index in [2.05, 4.69) is 10.6 Å². The Hall–Kier alpha value is -4.28. The number of rotatable bonds is 8. The number of carbonyl (C=O) groups is 2. The average molecular weight is 490 g/mol. The lowest BCUT2D eigenvalue weighted by atomic mass is 10.1. The minimum absolute atomic E-state index is 0.103. The SMILES string of the molecule is COc1cc(/C=C(/C#N)C(=O)Nc2cccc(Cl)c2)ccc1OCC(=O)Nc1ccc(C)cc1C. The largest absolute Gasteiger partial charge is 0.493 e. The van der Waals surface area contributed by atoms with Gasteiger partial charge >= 0.3 is 0 Å². The fraction of sp³-hybridized carbons (Fsp3) is 0.148. The quantitative estimate of drug-likeness (QED) is 0.320. The van der Waals surface area contributed by atoms with E-state index in [0.29, 0.717) is 27.8 Å². The Morgan fingerprint density at radius 3 is 2.51 bits per heavy atom. The number of ether oxygens (including phenoxy) is 2. The number of nitriles is 1. The third-order valence-electron chi connectivity index (χ3n) is 4.96. The number of nitrogens with zero attached hydrogens (tertiary/aromatic N) is 1. The number of anilines is 2. The van der Waals surface area contributed by atoms with Gasteiger partial charge in [-0.05, 0) is 67.4 Å². The predicted molar refractivity (Wildman–Crippen MR) is 137 cm³/mol. The second kappa shape index (κ2) is 11.7. The first-order valence-corrected chi connectivity index (χ1v) is 11.0. The maximum absolute atomic E-state index is 12.5. The lowest BCUT2D eigenvalue weighted by molar-refractivity contribution is -0.118. The second-order valence-corrected chi connectivity index (χ2v) is 8.14. The van der Waals surface area contributed by atoms with Crippen LogP contribution in [0.5, 0.6) is 11.5 Å². The topological polar surface area (TPSA) is 100 Å². The van der Waals surface area contributed by atoms with Crippen molar-refractivity contribution in [2.24, 2.45) is 0 Å². The lowest BCUT2D eigenvalue weighted by Gasteiger charge is -2.13. The molecule has 0 aromatic heterocycles. The number of methoxy groups -OCH3 is 1. The van der Waals surface area contributed by atoms with Gasteiger partial charge in [-0.3, -0.25) is 9.59 Å². The van der Waals surface area contributed by atoms with Gasteiger partial charge in [0, 0.05) is 16.4 Å². The van der Waals surface area contributed by atoms with Gasteiger partial charge in [-0.1, -0.05) is 41.4 Å². The molecule has 35 heavy (non-hydrogen) atoms. The molecular weight excluding hydrogens is 466 g/mol. The normalized spacial score (nSPS) is 10.8. The van der Waals surface area contributed by atoms with Crippen molar-refractivity contribution in [2.45, 2.75) is 13.8 Å². The van der Waals surface area contributed by atoms with Crippen LogP contribution in [0.3, 0.4) is 0 Å². The molecule has 0 atom stereocenters. The lowest BCUT2D eigenvalue weighted by Crippen LogP contribution is -2.20. The number of amides is 2. The number of halogens is 1. The van der Waals surface area contributed by atoms with Gasteiger partial charge in [0.1, 0.15) is 11.6 Å². The van der Waals surface area contributed by atoms with Crippen LogP contribution in [0.4, 0.5) is 11.4 Å². The first-order valence-electron chi connectivity index (χ1n) is 10.7. The van der Waals surface area contributed by atoms with Crippen LogP contribution in [-0.4, -0.2) is 25.5 Å². The summed E-state index contributed by atoms with van der Waals surface area (Å²) >= 11 is 5.94. The molecule has 0 heterocycles. The van der Waals surface area contributed by atoms with Crippen LogP contribution >= 0.6 is 11.6 Å². The van der Waals surface area contributed by atoms with Gasteiger partial charge in [0.2, 0.25) is 0 Å². The van der Waals surface area contributed by atoms with Gasteiger partial charge in [0.15, 0.2) is 18.1 Å². The Morgan fingerprint density at radius 2 is 1.83 bits per heavy atom. The van der Waals surface area contributed by atoms with Crippen molar-refractivity contribution in [1.82, 2.24) is 0 Å². The molecule has 0 unspecified atom stereocenters. The molecule has 3 aromatic rings. The molecule has 0 saturated carbocycles. The van der Waals surface area contributed by atoms with E-state index in [0.717, 1.165) is 16.8 Å². The van der Waals surface area contributed by atoms with E-state index in [9.17, 15) is 14.9 Å². The van der Waals surface area contributed by atoms with Gasteiger partial charge in [-0.25, -0.2) is 0 Å². The number of aryl methyl sites for hydroxylation is 2. The minimum Gasteiger partial charge on any atom is -0.493 e. The van der Waals surface area contributed by atoms with Crippen LogP contribution in [-0.2, 0) is 9.59 Å². The average Bonchev–Trinajstić information content (AvgIpc) is 2.83. The monoisotopic (exact) mass is 489 g/mol. The standard InChI is InChI=1S/C27H24ClN3O4/c1-17-7-9-23(18(2)11-17)31-26(32)16-35-24-10-8-19(13-25(24)34-3)12-20(15-29)27(33)30-22-6-4-5-21(28)14-22/h4-14H,16H2,1-3H3,(H,30,33)(H,31,32)/b20-12-. The third-order valence-corrected chi connectivity index (χ3v) is 5.20. The molecule has 0 aliphatic rings. The number of hydrogen-bond donors (Lipinski definition) is 2. The number of carbonyl (C=O) groups excluding carboxylic acids is 2. The molecule has 8 heteroatoms. The molecule has 178 valence electrons. The van der Waals surface area contributed by atoms with E-state index in [-0.39, 0.29) is 18.1 Å². The van der Waals surface area contributed by atoms with E-state index in [1.54, 1.807) is 42.5 Å². The Bertz CT molecular complexity index is 1330. The van der Waals surface area contributed by atoms with Gasteiger partial charge in [0.05, 0.1) is 7.11 Å². The molecule has 0 bridgehead atoms. The van der Waals surface area contributed by atoms with E-state index in [1.165, 1.54) is 13.2 Å². The summed E-state index contributed by atoms with van der Waals surface area (Å²) < 4.78 is 11.0. The van der Waals surface area contributed by atoms with Gasteiger partial charge in [-0.2, -0.15) is 5.26 Å². The molecule has 3 aromatic carbocycles. The van der Waals surface area contributed by atoms with Crippen LogP contribution in [0.2, 0.25) is 5.02 Å². The first-order chi connectivity index (χ1) is 16.8. The summed E-state index contributed by atoms with van der Waals surface area (Å²) in [4.78, 5) is 24.9. The molecule has 0 aliphatic heterocycles. The molecular formula is C27H24ClN3O4. The molecule has 0 aliphatic carbocycles. The number of nitrogens with one attached hydrogen (secondary N) is 2. The van der Waals surface area contributed by atoms with Crippen LogP contribution in [0, 0.1) is 25.2 Å². The zero-order valence-electron chi connectivity index (χ0n) is 19.5. The summed E-state index contributed by atoms with van der Waals surface area (Å²) in [7, 11) is 1.46. The molecule has 7 nitrogen and oxygen atoms in total. The smallest absolute Gasteiger partial charge is 0.266 e. The third kappa shape index (κ3) is 7.10. The van der Waals surface area contributed by atoms with Crippen molar-refractivity contribution in [3.63, 3.8) is 0 Å². The minimum atomic E-state index is -0.572. The zero-order valence-corrected chi connectivity index (χ0v) is 20.3. The highest BCUT2D eigenvalue weighted by Crippen LogP contribution is 2.29. The summed E-state index contributed by atoms with van der Waals surface area (Å²) in [5.74, 6) is -0.183. The van der Waals surface area contributed by atoms with Gasteiger partial charge < -0.3 is 20.1 Å². The summed E-state index contributed by atoms with van der Waals surface area (Å²) in [6, 6.07) is 19.2. The fourth-order valence-electron chi connectivity index (χ4n) is 3.26. The molecule has 2 N–H and O–H groups in total. The van der Waals surface area contributed by atoms with Crippen molar-refractivity contribution in [3.8, 4) is 17.6 Å². The molecule has 0 saturated heterocycles. The van der Waals surface area contributed by atoms with E-state index >= 15 is 0 Å². The Labute approximate surface area is 208 Å². The van der Waals surface area contributed by atoms with E-state index in [1.807, 2.05) is 38.1 Å². The second-order valence-electron chi connectivity index (χ2n) is 7.70. The summed E-state index contributed by atoms with van der Waals surface area (Å²) in [6.45, 7) is 3.69. The van der Waals surface area contributed by atoms with Crippen LogP contribution in [0.15, 0.2) is 66.2 Å². The van der Waals surface area contributed by atoms with Crippen molar-refractivity contribution in [3.05, 3.63) is 87.9 Å². The van der Waals surface area contributed by atoms with E-state index in [4.69, 9.17) is 21.1 Å². The summed E-state index contributed by atoms with van der Waals surface area (Å²) in [5, 5.41) is 15.4. The van der Waals surface area contributed by atoms with Crippen molar-refractivity contribution in [1.29, 1.82) is 5.26 Å². The van der Waals surface area contributed by atoms with Crippen molar-refractivity contribution >= 4 is 40.9 Å². The predicted octanol–water partition coefficient (Wildman–Crippen LogP) is 5.53. The van der Waals surface area contributed by atoms with Crippen LogP contribution in [0.1, 0.15) is 16.7 Å². The van der Waals surface area contributed by atoms with Gasteiger partial charge in [0.25, 0.3) is 11.8 Å². The highest BCUT2D eigenvalue weighted by atomic mass is 35.5. The van der Waals surface area contributed by atoms with Crippen LogP contribution in [0.25, 0.3) is 6.08 Å². The van der Waals surface area contributed by atoms with Gasteiger partial charge in [-0.15, -0.1) is 0 Å². The highest BCUT2D eigenvalue weighted by Gasteiger charge is 2.13. The molecule has 0 radical (unpaired) electrons. The molecule has 3 rings (SSSR count). The highest BCUT2D eigenvalue weighted by molar-refractivity contribution is 6.31. The van der Waals surface area contributed by atoms with Crippen molar-refractivity contribution < 1.29 is 19.1 Å². The molecule has 0 spiro atoms. The maximum Gasteiger partial charge on any atom is 0.266 e. The first kappa shape index (κ1) is 25.3. The molecule has 2 amide bonds. The zero-order chi connectivity index (χ0) is 25.4. The number of hydrogen-bond acceptors (Lipinski definition) is 5. The summed E-state index contributed by atoms with van der Waals surface area (Å²) in [5.41, 5.74) is 3.71. The maximum atomic E-state index is 12.5. The van der Waals surface area contributed by atoms with E-state index < -0.39 is 5.91 Å².